The summed E-state index contributed by atoms with van der Waals surface area (Å²) in [5.41, 5.74) is 5.89. The van der Waals surface area contributed by atoms with Crippen LogP contribution < -0.4 is 5.73 Å². The standard InChI is InChI=1S/C17H31N3O3/c1-17(2,3)19(4)11-6-7-14(12(10-11)16(22)23-5)20-9-8-13(18)15(20)21/h11-14H,6-10,18H2,1-5H3/t11-,12-,13+,14+/m1/s1. The van der Waals surface area contributed by atoms with Gasteiger partial charge in [-0.25, -0.2) is 0 Å². The molecule has 0 radical (unpaired) electrons. The van der Waals surface area contributed by atoms with Crippen LogP contribution in [-0.2, 0) is 14.3 Å². The van der Waals surface area contributed by atoms with E-state index in [1.165, 1.54) is 7.11 Å². The van der Waals surface area contributed by atoms with Gasteiger partial charge in [0.05, 0.1) is 19.1 Å². The summed E-state index contributed by atoms with van der Waals surface area (Å²) in [7, 11) is 3.53. The van der Waals surface area contributed by atoms with E-state index in [0.717, 1.165) is 19.3 Å². The quantitative estimate of drug-likeness (QED) is 0.783. The minimum Gasteiger partial charge on any atom is -0.469 e. The van der Waals surface area contributed by atoms with Crippen LogP contribution in [-0.4, -0.2) is 66.0 Å². The van der Waals surface area contributed by atoms with Crippen molar-refractivity contribution in [3.63, 3.8) is 0 Å². The van der Waals surface area contributed by atoms with Crippen molar-refractivity contribution >= 4 is 11.9 Å². The highest BCUT2D eigenvalue weighted by Gasteiger charge is 2.45. The Kier molecular flexibility index (Phi) is 5.36. The van der Waals surface area contributed by atoms with Crippen LogP contribution in [0.5, 0.6) is 0 Å². The van der Waals surface area contributed by atoms with E-state index in [-0.39, 0.29) is 29.4 Å². The number of amides is 1. The van der Waals surface area contributed by atoms with Crippen LogP contribution in [0.25, 0.3) is 0 Å². The molecule has 1 saturated heterocycles. The zero-order chi connectivity index (χ0) is 17.4. The van der Waals surface area contributed by atoms with Gasteiger partial charge in [-0.05, 0) is 53.5 Å². The van der Waals surface area contributed by atoms with Crippen LogP contribution in [0.2, 0.25) is 0 Å². The third-order valence-electron chi connectivity index (χ3n) is 5.58. The number of methoxy groups -OCH3 is 1. The fourth-order valence-corrected chi connectivity index (χ4v) is 3.86. The molecule has 0 aromatic heterocycles. The summed E-state index contributed by atoms with van der Waals surface area (Å²) in [6.07, 6.45) is 3.20. The molecular formula is C17H31N3O3. The lowest BCUT2D eigenvalue weighted by molar-refractivity contribution is -0.152. The normalized spacial score (nSPS) is 32.5. The van der Waals surface area contributed by atoms with Crippen LogP contribution in [0.15, 0.2) is 0 Å². The highest BCUT2D eigenvalue weighted by molar-refractivity contribution is 5.85. The predicted octanol–water partition coefficient (Wildman–Crippen LogP) is 0.987. The molecule has 0 spiro atoms. The molecule has 1 heterocycles. The number of hydrogen-bond donors (Lipinski definition) is 1. The molecule has 1 aliphatic heterocycles. The van der Waals surface area contributed by atoms with Crippen molar-refractivity contribution in [2.75, 3.05) is 20.7 Å². The predicted molar refractivity (Wildman–Crippen MR) is 88.8 cm³/mol. The van der Waals surface area contributed by atoms with E-state index >= 15 is 0 Å². The van der Waals surface area contributed by atoms with Gasteiger partial charge in [0.25, 0.3) is 0 Å². The van der Waals surface area contributed by atoms with Crippen molar-refractivity contribution in [3.05, 3.63) is 0 Å². The maximum Gasteiger partial charge on any atom is 0.310 e. The Labute approximate surface area is 139 Å². The van der Waals surface area contributed by atoms with Crippen LogP contribution in [0, 0.1) is 5.92 Å². The minimum atomic E-state index is -0.414. The lowest BCUT2D eigenvalue weighted by atomic mass is 9.79. The highest BCUT2D eigenvalue weighted by Crippen LogP contribution is 2.35. The molecule has 0 bridgehead atoms. The number of nitrogens with two attached hydrogens (primary N) is 1. The maximum atomic E-state index is 12.3. The summed E-state index contributed by atoms with van der Waals surface area (Å²) in [6, 6.07) is -0.168. The third-order valence-corrected chi connectivity index (χ3v) is 5.58. The average Bonchev–Trinajstić information content (AvgIpc) is 2.84. The second-order valence-electron chi connectivity index (χ2n) is 7.87. The summed E-state index contributed by atoms with van der Waals surface area (Å²) >= 11 is 0. The molecule has 2 rings (SSSR count). The molecule has 1 aliphatic carbocycles. The van der Waals surface area contributed by atoms with E-state index in [1.54, 1.807) is 0 Å². The number of ether oxygens (including phenoxy) is 1. The molecule has 6 heteroatoms. The second-order valence-corrected chi connectivity index (χ2v) is 7.87. The van der Waals surface area contributed by atoms with Gasteiger partial charge in [0, 0.05) is 24.2 Å². The first-order valence-electron chi connectivity index (χ1n) is 8.53. The Morgan fingerprint density at radius 1 is 1.30 bits per heavy atom. The van der Waals surface area contributed by atoms with Gasteiger partial charge in [0.1, 0.15) is 0 Å². The van der Waals surface area contributed by atoms with Gasteiger partial charge in [-0.3, -0.25) is 14.5 Å². The zero-order valence-corrected chi connectivity index (χ0v) is 15.0. The van der Waals surface area contributed by atoms with Crippen molar-refractivity contribution < 1.29 is 14.3 Å². The number of nitrogens with zero attached hydrogens (tertiary/aromatic N) is 2. The largest absolute Gasteiger partial charge is 0.469 e. The van der Waals surface area contributed by atoms with Gasteiger partial charge in [0.2, 0.25) is 5.91 Å². The Morgan fingerprint density at radius 3 is 2.43 bits per heavy atom. The smallest absolute Gasteiger partial charge is 0.310 e. The molecule has 2 aliphatic rings. The van der Waals surface area contributed by atoms with Gasteiger partial charge in [-0.2, -0.15) is 0 Å². The molecule has 132 valence electrons. The second kappa shape index (κ2) is 6.77. The Bertz CT molecular complexity index is 460. The fourth-order valence-electron chi connectivity index (χ4n) is 3.86. The van der Waals surface area contributed by atoms with Crippen molar-refractivity contribution in [2.24, 2.45) is 11.7 Å². The lowest BCUT2D eigenvalue weighted by Crippen LogP contribution is -2.55. The van der Waals surface area contributed by atoms with E-state index in [9.17, 15) is 9.59 Å². The molecule has 1 amide bonds. The minimum absolute atomic E-state index is 0.0217. The van der Waals surface area contributed by atoms with Gasteiger partial charge >= 0.3 is 5.97 Å². The first kappa shape index (κ1) is 18.2. The molecule has 4 atom stereocenters. The number of carbonyl (C=O) groups is 2. The van der Waals surface area contributed by atoms with E-state index in [4.69, 9.17) is 10.5 Å². The fraction of sp³-hybridized carbons (Fsp3) is 0.882. The summed E-state index contributed by atoms with van der Waals surface area (Å²) < 4.78 is 5.03. The van der Waals surface area contributed by atoms with Crippen LogP contribution in [0.4, 0.5) is 0 Å². The molecule has 2 fully saturated rings. The Balaban J connectivity index is 2.16. The summed E-state index contributed by atoms with van der Waals surface area (Å²) in [5, 5.41) is 0. The number of esters is 1. The van der Waals surface area contributed by atoms with Gasteiger partial charge in [-0.15, -0.1) is 0 Å². The summed E-state index contributed by atoms with van der Waals surface area (Å²) in [5.74, 6) is -0.500. The maximum absolute atomic E-state index is 12.3. The molecule has 2 N–H and O–H groups in total. The van der Waals surface area contributed by atoms with E-state index in [0.29, 0.717) is 19.0 Å². The zero-order valence-electron chi connectivity index (χ0n) is 15.0. The van der Waals surface area contributed by atoms with Gasteiger partial charge in [0.15, 0.2) is 0 Å². The highest BCUT2D eigenvalue weighted by atomic mass is 16.5. The van der Waals surface area contributed by atoms with E-state index < -0.39 is 6.04 Å². The molecule has 0 aromatic carbocycles. The number of rotatable bonds is 3. The third kappa shape index (κ3) is 3.69. The van der Waals surface area contributed by atoms with Crippen LogP contribution in [0.1, 0.15) is 46.5 Å². The van der Waals surface area contributed by atoms with Gasteiger partial charge in [-0.1, -0.05) is 0 Å². The first-order chi connectivity index (χ1) is 10.7. The monoisotopic (exact) mass is 325 g/mol. The van der Waals surface area contributed by atoms with Crippen LogP contribution >= 0.6 is 0 Å². The molecule has 23 heavy (non-hydrogen) atoms. The number of carbonyl (C=O) groups excluding carboxylic acids is 2. The van der Waals surface area contributed by atoms with E-state index in [2.05, 4.69) is 32.7 Å². The first-order valence-corrected chi connectivity index (χ1v) is 8.53. The van der Waals surface area contributed by atoms with E-state index in [1.807, 2.05) is 4.90 Å². The Morgan fingerprint density at radius 2 is 1.96 bits per heavy atom. The molecule has 6 nitrogen and oxygen atoms in total. The van der Waals surface area contributed by atoms with Crippen molar-refractivity contribution in [2.45, 2.75) is 70.1 Å². The van der Waals surface area contributed by atoms with Crippen molar-refractivity contribution in [3.8, 4) is 0 Å². The average molecular weight is 325 g/mol. The molecule has 0 unspecified atom stereocenters. The van der Waals surface area contributed by atoms with Crippen LogP contribution in [0.3, 0.4) is 0 Å². The van der Waals surface area contributed by atoms with Crippen molar-refractivity contribution in [1.82, 2.24) is 9.80 Å². The number of likely N-dealkylation sites (tertiary alicyclic amines) is 1. The molecule has 1 saturated carbocycles. The molecular weight excluding hydrogens is 294 g/mol. The topological polar surface area (TPSA) is 75.9 Å². The lowest BCUT2D eigenvalue weighted by Gasteiger charge is -2.46. The summed E-state index contributed by atoms with van der Waals surface area (Å²) in [6.45, 7) is 7.18. The van der Waals surface area contributed by atoms with Gasteiger partial charge < -0.3 is 15.4 Å². The molecule has 0 aromatic rings. The number of hydrogen-bond acceptors (Lipinski definition) is 5. The SMILES string of the molecule is COC(=O)[C@@H]1C[C@H](N(C)C(C)(C)C)CC[C@@H]1N1CC[C@H](N)C1=O. The Hall–Kier alpha value is -1.14. The van der Waals surface area contributed by atoms with Crippen molar-refractivity contribution in [1.29, 1.82) is 0 Å². The summed E-state index contributed by atoms with van der Waals surface area (Å²) in [4.78, 5) is 28.8.